The molecule has 2 aliphatic heterocycles. The summed E-state index contributed by atoms with van der Waals surface area (Å²) in [4.78, 5) is 2.61. The minimum Gasteiger partial charge on any atom is -0.378 e. The van der Waals surface area contributed by atoms with Crippen molar-refractivity contribution in [3.05, 3.63) is 0 Å². The van der Waals surface area contributed by atoms with E-state index in [4.69, 9.17) is 4.74 Å². The van der Waals surface area contributed by atoms with Gasteiger partial charge >= 0.3 is 0 Å². The molecule has 1 saturated carbocycles. The van der Waals surface area contributed by atoms with Gasteiger partial charge in [0.2, 0.25) is 0 Å². The van der Waals surface area contributed by atoms with E-state index in [1.54, 1.807) is 0 Å². The van der Waals surface area contributed by atoms with E-state index in [1.807, 2.05) is 0 Å². The molecule has 3 heteroatoms. The maximum Gasteiger partial charge on any atom is 0.0619 e. The SMILES string of the molecule is CC(C)N1CCC(NC2CCCC3OCCC23)CC1. The summed E-state index contributed by atoms with van der Waals surface area (Å²) in [5.41, 5.74) is 0. The van der Waals surface area contributed by atoms with Crippen LogP contribution in [-0.2, 0) is 4.74 Å². The second kappa shape index (κ2) is 6.11. The highest BCUT2D eigenvalue weighted by Crippen LogP contribution is 2.35. The average Bonchev–Trinajstić information content (AvgIpc) is 2.89. The van der Waals surface area contributed by atoms with Gasteiger partial charge in [0.1, 0.15) is 0 Å². The monoisotopic (exact) mass is 266 g/mol. The fourth-order valence-corrected chi connectivity index (χ4v) is 4.27. The van der Waals surface area contributed by atoms with Crippen LogP contribution in [0.3, 0.4) is 0 Å². The Labute approximate surface area is 118 Å². The van der Waals surface area contributed by atoms with Gasteiger partial charge < -0.3 is 15.0 Å². The highest BCUT2D eigenvalue weighted by Gasteiger charge is 2.38. The minimum absolute atomic E-state index is 0.571. The van der Waals surface area contributed by atoms with Gasteiger partial charge in [0.05, 0.1) is 6.10 Å². The molecule has 0 amide bonds. The topological polar surface area (TPSA) is 24.5 Å². The largest absolute Gasteiger partial charge is 0.378 e. The van der Waals surface area contributed by atoms with E-state index < -0.39 is 0 Å². The van der Waals surface area contributed by atoms with Crippen LogP contribution in [0, 0.1) is 5.92 Å². The zero-order valence-corrected chi connectivity index (χ0v) is 12.6. The number of rotatable bonds is 3. The van der Waals surface area contributed by atoms with E-state index in [0.717, 1.165) is 24.6 Å². The molecular formula is C16H30N2O. The summed E-state index contributed by atoms with van der Waals surface area (Å²) >= 11 is 0. The van der Waals surface area contributed by atoms with Crippen molar-refractivity contribution in [2.24, 2.45) is 5.92 Å². The lowest BCUT2D eigenvalue weighted by molar-refractivity contribution is 0.0478. The summed E-state index contributed by atoms with van der Waals surface area (Å²) in [5.74, 6) is 0.803. The molecule has 2 saturated heterocycles. The third-order valence-electron chi connectivity index (χ3n) is 5.49. The number of hydrogen-bond donors (Lipinski definition) is 1. The first kappa shape index (κ1) is 13.8. The first-order chi connectivity index (χ1) is 9.24. The van der Waals surface area contributed by atoms with Gasteiger partial charge in [0.25, 0.3) is 0 Å². The quantitative estimate of drug-likeness (QED) is 0.849. The number of piperidine rings is 1. The first-order valence-electron chi connectivity index (χ1n) is 8.35. The van der Waals surface area contributed by atoms with Crippen molar-refractivity contribution in [1.82, 2.24) is 10.2 Å². The summed E-state index contributed by atoms with van der Waals surface area (Å²) in [5, 5.41) is 3.98. The van der Waals surface area contributed by atoms with Crippen molar-refractivity contribution in [3.63, 3.8) is 0 Å². The second-order valence-electron chi connectivity index (χ2n) is 6.97. The lowest BCUT2D eigenvalue weighted by Gasteiger charge is -2.40. The molecule has 3 nitrogen and oxygen atoms in total. The van der Waals surface area contributed by atoms with Crippen LogP contribution < -0.4 is 5.32 Å². The number of ether oxygens (including phenoxy) is 1. The third-order valence-corrected chi connectivity index (χ3v) is 5.49. The average molecular weight is 266 g/mol. The third kappa shape index (κ3) is 3.14. The molecule has 1 aliphatic carbocycles. The Kier molecular flexibility index (Phi) is 4.45. The Morgan fingerprint density at radius 1 is 1.05 bits per heavy atom. The Balaban J connectivity index is 1.49. The molecule has 3 fully saturated rings. The van der Waals surface area contributed by atoms with Crippen LogP contribution in [0.1, 0.15) is 52.4 Å². The van der Waals surface area contributed by atoms with Crippen LogP contribution in [0.15, 0.2) is 0 Å². The van der Waals surface area contributed by atoms with Gasteiger partial charge in [0.15, 0.2) is 0 Å². The molecule has 0 aromatic heterocycles. The molecule has 0 aromatic carbocycles. The highest BCUT2D eigenvalue weighted by molar-refractivity contribution is 4.93. The van der Waals surface area contributed by atoms with Gasteiger partial charge in [-0.1, -0.05) is 0 Å². The minimum atomic E-state index is 0.571. The second-order valence-corrected chi connectivity index (χ2v) is 6.97. The number of nitrogens with one attached hydrogen (secondary N) is 1. The van der Waals surface area contributed by atoms with Gasteiger partial charge in [-0.25, -0.2) is 0 Å². The Hall–Kier alpha value is -0.120. The van der Waals surface area contributed by atoms with E-state index in [9.17, 15) is 0 Å². The normalized spacial score (nSPS) is 37.7. The lowest BCUT2D eigenvalue weighted by atomic mass is 9.81. The molecule has 3 rings (SSSR count). The molecule has 0 bridgehead atoms. The summed E-state index contributed by atoms with van der Waals surface area (Å²) in [7, 11) is 0. The van der Waals surface area contributed by atoms with Gasteiger partial charge in [-0.05, 0) is 65.5 Å². The molecule has 3 atom stereocenters. The van der Waals surface area contributed by atoms with Crippen molar-refractivity contribution in [2.45, 2.75) is 76.6 Å². The van der Waals surface area contributed by atoms with Crippen LogP contribution in [0.25, 0.3) is 0 Å². The molecular weight excluding hydrogens is 236 g/mol. The molecule has 1 N–H and O–H groups in total. The van der Waals surface area contributed by atoms with Gasteiger partial charge in [-0.15, -0.1) is 0 Å². The van der Waals surface area contributed by atoms with Crippen molar-refractivity contribution in [2.75, 3.05) is 19.7 Å². The predicted octanol–water partition coefficient (Wildman–Crippen LogP) is 2.41. The van der Waals surface area contributed by atoms with Crippen LogP contribution >= 0.6 is 0 Å². The van der Waals surface area contributed by atoms with Gasteiger partial charge in [-0.3, -0.25) is 0 Å². The van der Waals surface area contributed by atoms with Gasteiger partial charge in [0, 0.05) is 30.7 Å². The molecule has 3 unspecified atom stereocenters. The van der Waals surface area contributed by atoms with E-state index in [2.05, 4.69) is 24.1 Å². The molecule has 0 aromatic rings. The van der Waals surface area contributed by atoms with E-state index in [0.29, 0.717) is 12.1 Å². The standard InChI is InChI=1S/C16H30N2O/c1-12(2)18-9-6-13(7-10-18)17-15-4-3-5-16-14(15)8-11-19-16/h12-17H,3-11H2,1-2H3. The van der Waals surface area contributed by atoms with Crippen molar-refractivity contribution >= 4 is 0 Å². The molecule has 3 aliphatic rings. The van der Waals surface area contributed by atoms with E-state index in [1.165, 1.54) is 51.6 Å². The molecule has 2 heterocycles. The Morgan fingerprint density at radius 3 is 2.58 bits per heavy atom. The Bertz CT molecular complexity index is 286. The first-order valence-corrected chi connectivity index (χ1v) is 8.35. The molecule has 19 heavy (non-hydrogen) atoms. The van der Waals surface area contributed by atoms with Crippen LogP contribution in [0.4, 0.5) is 0 Å². The lowest BCUT2D eigenvalue weighted by Crippen LogP contribution is -2.51. The number of fused-ring (bicyclic) bond motifs is 1. The summed E-state index contributed by atoms with van der Waals surface area (Å²) < 4.78 is 5.88. The smallest absolute Gasteiger partial charge is 0.0619 e. The Morgan fingerprint density at radius 2 is 1.84 bits per heavy atom. The zero-order valence-electron chi connectivity index (χ0n) is 12.6. The summed E-state index contributed by atoms with van der Waals surface area (Å²) in [6, 6.07) is 2.19. The fraction of sp³-hybridized carbons (Fsp3) is 1.00. The molecule has 0 radical (unpaired) electrons. The van der Waals surface area contributed by atoms with Crippen molar-refractivity contribution in [3.8, 4) is 0 Å². The summed E-state index contributed by atoms with van der Waals surface area (Å²) in [6.45, 7) is 8.17. The number of likely N-dealkylation sites (tertiary alicyclic amines) is 1. The predicted molar refractivity (Wildman–Crippen MR) is 78.4 cm³/mol. The number of nitrogens with zero attached hydrogens (tertiary/aromatic N) is 1. The fourth-order valence-electron chi connectivity index (χ4n) is 4.27. The number of hydrogen-bond acceptors (Lipinski definition) is 3. The van der Waals surface area contributed by atoms with Crippen molar-refractivity contribution in [1.29, 1.82) is 0 Å². The summed E-state index contributed by atoms with van der Waals surface area (Å²) in [6.07, 6.45) is 8.53. The van der Waals surface area contributed by atoms with Crippen LogP contribution in [-0.4, -0.2) is 48.8 Å². The molecule has 110 valence electrons. The van der Waals surface area contributed by atoms with Crippen LogP contribution in [0.5, 0.6) is 0 Å². The van der Waals surface area contributed by atoms with Gasteiger partial charge in [-0.2, -0.15) is 0 Å². The maximum atomic E-state index is 5.88. The van der Waals surface area contributed by atoms with E-state index in [-0.39, 0.29) is 0 Å². The zero-order chi connectivity index (χ0) is 13.2. The van der Waals surface area contributed by atoms with Crippen molar-refractivity contribution < 1.29 is 4.74 Å². The van der Waals surface area contributed by atoms with Crippen LogP contribution in [0.2, 0.25) is 0 Å². The van der Waals surface area contributed by atoms with E-state index >= 15 is 0 Å². The highest BCUT2D eigenvalue weighted by atomic mass is 16.5. The molecule has 0 spiro atoms. The maximum absolute atomic E-state index is 5.88.